The summed E-state index contributed by atoms with van der Waals surface area (Å²) in [7, 11) is 0. The van der Waals surface area contributed by atoms with Crippen molar-refractivity contribution in [1.29, 1.82) is 0 Å². The fourth-order valence-corrected chi connectivity index (χ4v) is 4.78. The molecule has 0 saturated carbocycles. The Labute approximate surface area is 124 Å². The van der Waals surface area contributed by atoms with E-state index in [0.29, 0.717) is 18.6 Å². The van der Waals surface area contributed by atoms with Gasteiger partial charge in [-0.15, -0.1) is 11.8 Å². The average Bonchev–Trinajstić information content (AvgIpc) is 2.88. The van der Waals surface area contributed by atoms with Crippen LogP contribution in [0.4, 0.5) is 0 Å². The number of carbonyl (C=O) groups is 1. The molecule has 1 aromatic carbocycles. The summed E-state index contributed by atoms with van der Waals surface area (Å²) in [6.45, 7) is 6.80. The standard InChI is InChI=1S/C16H21NO2S/c1-11(2)13-10-20-15-16(3,14(18)17(13)15)19-9-12-7-5-4-6-8-12/h4-8,11,13,15H,9-10H2,1-3H3/t13-,15+,16+/m1/s1. The zero-order valence-electron chi connectivity index (χ0n) is 12.2. The number of carbonyl (C=O) groups excluding carboxylic acids is 1. The summed E-state index contributed by atoms with van der Waals surface area (Å²) in [6, 6.07) is 10.4. The number of rotatable bonds is 4. The zero-order chi connectivity index (χ0) is 14.3. The van der Waals surface area contributed by atoms with Crippen LogP contribution in [-0.2, 0) is 16.1 Å². The van der Waals surface area contributed by atoms with Crippen molar-refractivity contribution in [3.63, 3.8) is 0 Å². The molecule has 3 atom stereocenters. The molecule has 2 saturated heterocycles. The summed E-state index contributed by atoms with van der Waals surface area (Å²) in [4.78, 5) is 14.5. The van der Waals surface area contributed by atoms with E-state index in [2.05, 4.69) is 13.8 Å². The van der Waals surface area contributed by atoms with Crippen LogP contribution in [0.5, 0.6) is 0 Å². The van der Waals surface area contributed by atoms with E-state index in [4.69, 9.17) is 4.74 Å². The predicted molar refractivity (Wildman–Crippen MR) is 81.4 cm³/mol. The maximum absolute atomic E-state index is 12.5. The van der Waals surface area contributed by atoms with Gasteiger partial charge in [0, 0.05) is 11.8 Å². The third-order valence-electron chi connectivity index (χ3n) is 4.32. The fourth-order valence-electron chi connectivity index (χ4n) is 2.96. The molecule has 20 heavy (non-hydrogen) atoms. The fraction of sp³-hybridized carbons (Fsp3) is 0.562. The second-order valence-electron chi connectivity index (χ2n) is 6.09. The first-order valence-electron chi connectivity index (χ1n) is 7.16. The average molecular weight is 291 g/mol. The highest BCUT2D eigenvalue weighted by Gasteiger charge is 2.64. The van der Waals surface area contributed by atoms with Gasteiger partial charge in [-0.05, 0) is 18.4 Å². The maximum atomic E-state index is 12.5. The molecule has 3 rings (SSSR count). The van der Waals surface area contributed by atoms with E-state index in [9.17, 15) is 4.79 Å². The van der Waals surface area contributed by atoms with Crippen molar-refractivity contribution in [2.24, 2.45) is 5.92 Å². The molecule has 0 radical (unpaired) electrons. The van der Waals surface area contributed by atoms with Gasteiger partial charge in [0.2, 0.25) is 0 Å². The van der Waals surface area contributed by atoms with Gasteiger partial charge in [0.05, 0.1) is 6.61 Å². The van der Waals surface area contributed by atoms with Gasteiger partial charge in [-0.2, -0.15) is 0 Å². The minimum absolute atomic E-state index is 0.155. The van der Waals surface area contributed by atoms with Gasteiger partial charge in [0.15, 0.2) is 5.60 Å². The first kappa shape index (κ1) is 14.0. The Balaban J connectivity index is 1.68. The summed E-state index contributed by atoms with van der Waals surface area (Å²) >= 11 is 1.85. The van der Waals surface area contributed by atoms with Crippen LogP contribution < -0.4 is 0 Å². The van der Waals surface area contributed by atoms with Crippen LogP contribution in [-0.4, -0.2) is 33.6 Å². The van der Waals surface area contributed by atoms with Crippen LogP contribution in [0.15, 0.2) is 30.3 Å². The van der Waals surface area contributed by atoms with E-state index in [0.717, 1.165) is 11.3 Å². The highest BCUT2D eigenvalue weighted by molar-refractivity contribution is 8.00. The van der Waals surface area contributed by atoms with Gasteiger partial charge in [-0.3, -0.25) is 4.79 Å². The van der Waals surface area contributed by atoms with Gasteiger partial charge in [-0.25, -0.2) is 0 Å². The SMILES string of the molecule is CC(C)[C@H]1CS[C@@H]2N1C(=O)[C@]2(C)OCc1ccccc1. The molecule has 2 aliphatic heterocycles. The van der Waals surface area contributed by atoms with Gasteiger partial charge < -0.3 is 9.64 Å². The molecule has 0 N–H and O–H groups in total. The van der Waals surface area contributed by atoms with E-state index >= 15 is 0 Å². The smallest absolute Gasteiger partial charge is 0.258 e. The topological polar surface area (TPSA) is 29.5 Å². The van der Waals surface area contributed by atoms with Crippen molar-refractivity contribution in [3.05, 3.63) is 35.9 Å². The molecule has 3 nitrogen and oxygen atoms in total. The largest absolute Gasteiger partial charge is 0.358 e. The molecule has 2 heterocycles. The van der Waals surface area contributed by atoms with Gasteiger partial charge in [0.25, 0.3) is 5.91 Å². The van der Waals surface area contributed by atoms with Gasteiger partial charge in [0.1, 0.15) is 5.37 Å². The van der Waals surface area contributed by atoms with E-state index < -0.39 is 5.60 Å². The third-order valence-corrected chi connectivity index (χ3v) is 5.84. The Bertz CT molecular complexity index is 504. The molecule has 0 spiro atoms. The Morgan fingerprint density at radius 2 is 2.10 bits per heavy atom. The number of benzene rings is 1. The molecule has 0 aliphatic carbocycles. The number of hydrogen-bond donors (Lipinski definition) is 0. The number of hydrogen-bond acceptors (Lipinski definition) is 3. The van der Waals surface area contributed by atoms with Gasteiger partial charge in [-0.1, -0.05) is 44.2 Å². The van der Waals surface area contributed by atoms with Crippen molar-refractivity contribution < 1.29 is 9.53 Å². The predicted octanol–water partition coefficient (Wildman–Crippen LogP) is 2.90. The minimum atomic E-state index is -0.649. The van der Waals surface area contributed by atoms with Crippen molar-refractivity contribution in [3.8, 4) is 0 Å². The quantitative estimate of drug-likeness (QED) is 0.799. The lowest BCUT2D eigenvalue weighted by Gasteiger charge is -2.52. The summed E-state index contributed by atoms with van der Waals surface area (Å²) in [5.74, 6) is 1.69. The summed E-state index contributed by atoms with van der Waals surface area (Å²) < 4.78 is 5.99. The van der Waals surface area contributed by atoms with Crippen LogP contribution in [0.3, 0.4) is 0 Å². The van der Waals surface area contributed by atoms with Crippen LogP contribution >= 0.6 is 11.8 Å². The normalized spacial score (nSPS) is 32.4. The molecule has 2 aliphatic rings. The number of nitrogens with zero attached hydrogens (tertiary/aromatic N) is 1. The first-order valence-corrected chi connectivity index (χ1v) is 8.21. The molecule has 0 bridgehead atoms. The van der Waals surface area contributed by atoms with Crippen molar-refractivity contribution in [2.75, 3.05) is 5.75 Å². The molecule has 1 aromatic rings. The van der Waals surface area contributed by atoms with Crippen LogP contribution in [0.2, 0.25) is 0 Å². The Hall–Kier alpha value is -1.00. The number of fused-ring (bicyclic) bond motifs is 1. The summed E-state index contributed by atoms with van der Waals surface area (Å²) in [5, 5.41) is 0.186. The number of ether oxygens (including phenoxy) is 1. The summed E-state index contributed by atoms with van der Waals surface area (Å²) in [5.41, 5.74) is 0.466. The van der Waals surface area contributed by atoms with Gasteiger partial charge >= 0.3 is 0 Å². The van der Waals surface area contributed by atoms with Crippen LogP contribution in [0.25, 0.3) is 0 Å². The number of thioether (sulfide) groups is 1. The van der Waals surface area contributed by atoms with Crippen molar-refractivity contribution in [1.82, 2.24) is 4.90 Å². The highest BCUT2D eigenvalue weighted by atomic mass is 32.2. The lowest BCUT2D eigenvalue weighted by atomic mass is 9.89. The number of β-lactam (4-membered cyclic amide) rings is 1. The lowest BCUT2D eigenvalue weighted by molar-refractivity contribution is -0.194. The van der Waals surface area contributed by atoms with Crippen LogP contribution in [0, 0.1) is 5.92 Å². The minimum Gasteiger partial charge on any atom is -0.358 e. The highest BCUT2D eigenvalue weighted by Crippen LogP contribution is 2.49. The third kappa shape index (κ3) is 2.06. The Morgan fingerprint density at radius 1 is 1.40 bits per heavy atom. The molecule has 1 amide bonds. The van der Waals surface area contributed by atoms with Crippen LogP contribution in [0.1, 0.15) is 26.3 Å². The molecule has 2 fully saturated rings. The van der Waals surface area contributed by atoms with E-state index in [1.165, 1.54) is 0 Å². The molecular formula is C16H21NO2S. The molecule has 108 valence electrons. The molecular weight excluding hydrogens is 270 g/mol. The summed E-state index contributed by atoms with van der Waals surface area (Å²) in [6.07, 6.45) is 0. The zero-order valence-corrected chi connectivity index (χ0v) is 13.0. The van der Waals surface area contributed by atoms with Crippen molar-refractivity contribution in [2.45, 2.75) is 44.4 Å². The molecule has 0 unspecified atom stereocenters. The van der Waals surface area contributed by atoms with E-state index in [1.807, 2.05) is 53.9 Å². The second kappa shape index (κ2) is 5.08. The van der Waals surface area contributed by atoms with Crippen molar-refractivity contribution >= 4 is 17.7 Å². The monoisotopic (exact) mass is 291 g/mol. The van der Waals surface area contributed by atoms with E-state index in [1.54, 1.807) is 0 Å². The Kier molecular flexibility index (Phi) is 3.55. The van der Waals surface area contributed by atoms with E-state index in [-0.39, 0.29) is 11.3 Å². The molecule has 4 heteroatoms. The molecule has 0 aromatic heterocycles. The lowest BCUT2D eigenvalue weighted by Crippen LogP contribution is -2.72. The second-order valence-corrected chi connectivity index (χ2v) is 7.20. The first-order chi connectivity index (χ1) is 9.54. The Morgan fingerprint density at radius 3 is 2.75 bits per heavy atom. The maximum Gasteiger partial charge on any atom is 0.258 e. The number of amides is 1.